The maximum absolute atomic E-state index is 12.3. The second-order valence-electron chi connectivity index (χ2n) is 7.00. The Morgan fingerprint density at radius 1 is 0.971 bits per heavy atom. The first kappa shape index (κ1) is 24.9. The van der Waals surface area contributed by atoms with Gasteiger partial charge in [0.05, 0.1) is 6.54 Å². The van der Waals surface area contributed by atoms with Gasteiger partial charge in [0.15, 0.2) is 0 Å². The van der Waals surface area contributed by atoms with Crippen LogP contribution in [0.2, 0.25) is 0 Å². The van der Waals surface area contributed by atoms with E-state index in [0.717, 1.165) is 16.4 Å². The Labute approximate surface area is 198 Å². The van der Waals surface area contributed by atoms with E-state index in [0.29, 0.717) is 16.8 Å². The minimum Gasteiger partial charge on any atom is -0.406 e. The second-order valence-corrected chi connectivity index (χ2v) is 7.49. The number of alkyl halides is 3. The highest BCUT2D eigenvalue weighted by Gasteiger charge is 2.31. The van der Waals surface area contributed by atoms with Crippen molar-refractivity contribution in [2.24, 2.45) is 5.73 Å². The Hall–Kier alpha value is -3.77. The van der Waals surface area contributed by atoms with Gasteiger partial charge >= 0.3 is 12.4 Å². The number of anilines is 2. The van der Waals surface area contributed by atoms with E-state index >= 15 is 0 Å². The number of carbonyl (C=O) groups is 2. The summed E-state index contributed by atoms with van der Waals surface area (Å²) in [7, 11) is 0. The van der Waals surface area contributed by atoms with E-state index in [4.69, 9.17) is 5.73 Å². The fourth-order valence-electron chi connectivity index (χ4n) is 2.82. The normalized spacial score (nSPS) is 11.9. The first-order valence-electron chi connectivity index (χ1n) is 9.81. The molecule has 0 bridgehead atoms. The van der Waals surface area contributed by atoms with E-state index in [-0.39, 0.29) is 18.1 Å². The van der Waals surface area contributed by atoms with Crippen molar-refractivity contribution in [2.45, 2.75) is 12.4 Å². The average molecular weight is 491 g/mol. The third-order valence-corrected chi connectivity index (χ3v) is 4.83. The molecule has 0 aliphatic heterocycles. The van der Waals surface area contributed by atoms with Crippen LogP contribution in [0.1, 0.15) is 22.0 Å². The molecule has 1 unspecified atom stereocenters. The molecule has 3 rings (SSSR count). The smallest absolute Gasteiger partial charge is 0.406 e. The number of carbonyl (C=O) groups excluding carboxylic acids is 2. The summed E-state index contributed by atoms with van der Waals surface area (Å²) < 4.78 is 41.5. The van der Waals surface area contributed by atoms with Gasteiger partial charge in [0.1, 0.15) is 5.75 Å². The fraction of sp³-hybridized carbons (Fsp3) is 0.136. The number of pyridine rings is 1. The molecule has 0 saturated carbocycles. The number of ether oxygens (including phenoxy) is 1. The molecule has 0 fully saturated rings. The van der Waals surface area contributed by atoms with E-state index in [1.807, 2.05) is 0 Å². The molecule has 1 atom stereocenters. The minimum atomic E-state index is -4.80. The zero-order valence-corrected chi connectivity index (χ0v) is 18.4. The van der Waals surface area contributed by atoms with Crippen molar-refractivity contribution in [2.75, 3.05) is 17.2 Å². The first-order chi connectivity index (χ1) is 16.1. The number of aromatic nitrogens is 1. The van der Waals surface area contributed by atoms with E-state index < -0.39 is 24.2 Å². The lowest BCUT2D eigenvalue weighted by molar-refractivity contribution is -0.274. The molecule has 0 aliphatic carbocycles. The Morgan fingerprint density at radius 2 is 1.56 bits per heavy atom. The molecule has 2 aromatic carbocycles. The van der Waals surface area contributed by atoms with Gasteiger partial charge in [-0.3, -0.25) is 14.1 Å². The van der Waals surface area contributed by atoms with Crippen LogP contribution in [0.5, 0.6) is 5.75 Å². The number of thiol groups is 1. The molecule has 4 N–H and O–H groups in total. The number of hydrogen-bond acceptors (Lipinski definition) is 6. The van der Waals surface area contributed by atoms with Crippen LogP contribution in [-0.4, -0.2) is 34.1 Å². The Balaban J connectivity index is 1.52. The van der Waals surface area contributed by atoms with Crippen molar-refractivity contribution in [3.63, 3.8) is 0 Å². The molecule has 12 heteroatoms. The molecule has 8 nitrogen and oxygen atoms in total. The van der Waals surface area contributed by atoms with Gasteiger partial charge in [0.25, 0.3) is 5.91 Å². The summed E-state index contributed by atoms with van der Waals surface area (Å²) in [4.78, 5) is 28.5. The molecule has 34 heavy (non-hydrogen) atoms. The Bertz CT molecular complexity index is 1110. The molecule has 1 aromatic heterocycles. The monoisotopic (exact) mass is 491 g/mol. The van der Waals surface area contributed by atoms with Crippen LogP contribution < -0.4 is 21.1 Å². The molecule has 0 radical (unpaired) electrons. The number of amides is 3. The van der Waals surface area contributed by atoms with Crippen LogP contribution in [0.25, 0.3) is 0 Å². The number of hydrogen-bond donors (Lipinski definition) is 4. The summed E-state index contributed by atoms with van der Waals surface area (Å²) in [6, 6.07) is 13.3. The van der Waals surface area contributed by atoms with Crippen LogP contribution in [0, 0.1) is 0 Å². The highest BCUT2D eigenvalue weighted by molar-refractivity contribution is 7.78. The van der Waals surface area contributed by atoms with Crippen molar-refractivity contribution in [3.8, 4) is 5.75 Å². The molecule has 1 heterocycles. The van der Waals surface area contributed by atoms with Crippen molar-refractivity contribution < 1.29 is 27.5 Å². The highest BCUT2D eigenvalue weighted by Crippen LogP contribution is 2.24. The summed E-state index contributed by atoms with van der Waals surface area (Å²) in [5, 5.41) is 5.24. The molecular weight excluding hydrogens is 471 g/mol. The van der Waals surface area contributed by atoms with Gasteiger partial charge in [-0.1, -0.05) is 24.9 Å². The van der Waals surface area contributed by atoms with Crippen LogP contribution >= 0.6 is 12.8 Å². The zero-order valence-electron chi connectivity index (χ0n) is 17.5. The molecule has 0 spiro atoms. The summed E-state index contributed by atoms with van der Waals surface area (Å²) in [5.41, 5.74) is 8.10. The molecule has 3 aromatic rings. The molecular formula is C22H20F3N5O3S. The van der Waals surface area contributed by atoms with Crippen LogP contribution in [0.3, 0.4) is 0 Å². The van der Waals surface area contributed by atoms with Gasteiger partial charge in [-0.2, -0.15) is 0 Å². The van der Waals surface area contributed by atoms with Gasteiger partial charge in [-0.05, 0) is 54.1 Å². The average Bonchev–Trinajstić information content (AvgIpc) is 2.80. The van der Waals surface area contributed by atoms with Crippen molar-refractivity contribution in [3.05, 3.63) is 84.2 Å². The maximum atomic E-state index is 12.3. The third kappa shape index (κ3) is 7.39. The van der Waals surface area contributed by atoms with Gasteiger partial charge in [-0.15, -0.1) is 13.2 Å². The van der Waals surface area contributed by atoms with Crippen LogP contribution in [0.15, 0.2) is 73.1 Å². The second kappa shape index (κ2) is 10.9. The number of urea groups is 1. The van der Waals surface area contributed by atoms with Crippen molar-refractivity contribution >= 4 is 36.1 Å². The summed E-state index contributed by atoms with van der Waals surface area (Å²) in [5.74, 6) is -0.707. The molecule has 178 valence electrons. The number of benzene rings is 2. The lowest BCUT2D eigenvalue weighted by Crippen LogP contribution is -2.33. The molecule has 0 aliphatic rings. The summed E-state index contributed by atoms with van der Waals surface area (Å²) in [6.07, 6.45) is -1.67. The van der Waals surface area contributed by atoms with Gasteiger partial charge in [0.2, 0.25) is 0 Å². The van der Waals surface area contributed by atoms with Crippen LogP contribution in [0.4, 0.5) is 29.3 Å². The summed E-state index contributed by atoms with van der Waals surface area (Å²) >= 11 is 4.13. The lowest BCUT2D eigenvalue weighted by Gasteiger charge is -2.21. The summed E-state index contributed by atoms with van der Waals surface area (Å²) in [6.45, 7) is 0.0206. The maximum Gasteiger partial charge on any atom is 0.573 e. The molecule has 0 saturated heterocycles. The van der Waals surface area contributed by atoms with E-state index in [2.05, 4.69) is 33.2 Å². The van der Waals surface area contributed by atoms with Gasteiger partial charge in [-0.25, -0.2) is 4.79 Å². The van der Waals surface area contributed by atoms with E-state index in [9.17, 15) is 22.8 Å². The third-order valence-electron chi connectivity index (χ3n) is 4.48. The lowest BCUT2D eigenvalue weighted by atomic mass is 10.1. The topological polar surface area (TPSA) is 110 Å². The largest absolute Gasteiger partial charge is 0.573 e. The van der Waals surface area contributed by atoms with Crippen LogP contribution in [-0.2, 0) is 0 Å². The predicted octanol–water partition coefficient (Wildman–Crippen LogP) is 4.61. The predicted molar refractivity (Wildman–Crippen MR) is 123 cm³/mol. The number of nitrogens with two attached hydrogens (primary N) is 1. The zero-order chi connectivity index (χ0) is 24.7. The number of rotatable bonds is 7. The first-order valence-corrected chi connectivity index (χ1v) is 10.2. The number of halogens is 3. The quantitative estimate of drug-likeness (QED) is 0.361. The standard InChI is InChI=1S/C22H20F3N5O3S/c23-22(24,25)33-18-7-5-16(6-8-18)29-21(32)30(34)13-19(26)14-1-3-15(4-2-14)20(31)28-17-9-11-27-12-10-17/h1-12,19,34H,13,26H2,(H,29,32)(H,27,28,31). The number of nitrogens with zero attached hydrogens (tertiary/aromatic N) is 2. The Morgan fingerprint density at radius 3 is 2.15 bits per heavy atom. The Kier molecular flexibility index (Phi) is 7.97. The van der Waals surface area contributed by atoms with Gasteiger partial charge in [0, 0.05) is 35.4 Å². The van der Waals surface area contributed by atoms with E-state index in [1.54, 1.807) is 48.8 Å². The van der Waals surface area contributed by atoms with Gasteiger partial charge < -0.3 is 21.1 Å². The minimum absolute atomic E-state index is 0.0206. The number of nitrogens with one attached hydrogen (secondary N) is 2. The molecule has 3 amide bonds. The van der Waals surface area contributed by atoms with Crippen molar-refractivity contribution in [1.29, 1.82) is 0 Å². The van der Waals surface area contributed by atoms with E-state index in [1.165, 1.54) is 12.1 Å². The highest BCUT2D eigenvalue weighted by atomic mass is 32.1. The van der Waals surface area contributed by atoms with Crippen molar-refractivity contribution in [1.82, 2.24) is 9.29 Å². The fourth-order valence-corrected chi connectivity index (χ4v) is 3.05. The SMILES string of the molecule is NC(CN(S)C(=O)Nc1ccc(OC(F)(F)F)cc1)c1ccc(C(=O)Nc2ccncc2)cc1.